The van der Waals surface area contributed by atoms with Gasteiger partial charge in [0.1, 0.15) is 0 Å². The molecule has 2 aromatic rings. The third-order valence-electron chi connectivity index (χ3n) is 2.67. The summed E-state index contributed by atoms with van der Waals surface area (Å²) in [5, 5.41) is 10.4. The van der Waals surface area contributed by atoms with E-state index in [0.717, 1.165) is 11.3 Å². The largest absolute Gasteiger partial charge is 0.502 e. The van der Waals surface area contributed by atoms with Crippen molar-refractivity contribution in [3.05, 3.63) is 47.0 Å². The summed E-state index contributed by atoms with van der Waals surface area (Å²) in [6.45, 7) is 0. The first-order chi connectivity index (χ1) is 9.63. The van der Waals surface area contributed by atoms with E-state index in [4.69, 9.17) is 21.1 Å². The van der Waals surface area contributed by atoms with E-state index in [2.05, 4.69) is 4.99 Å². The van der Waals surface area contributed by atoms with Crippen LogP contribution in [-0.4, -0.2) is 25.5 Å². The smallest absolute Gasteiger partial charge is 0.200 e. The number of methoxy groups -OCH3 is 2. The summed E-state index contributed by atoms with van der Waals surface area (Å²) >= 11 is 5.90. The van der Waals surface area contributed by atoms with Crippen molar-refractivity contribution in [1.29, 1.82) is 0 Å². The number of halogens is 1. The Morgan fingerprint density at radius 1 is 1.10 bits per heavy atom. The first kappa shape index (κ1) is 14.2. The molecule has 5 heteroatoms. The molecule has 0 saturated heterocycles. The van der Waals surface area contributed by atoms with Gasteiger partial charge in [0.25, 0.3) is 0 Å². The molecule has 0 radical (unpaired) electrons. The summed E-state index contributed by atoms with van der Waals surface area (Å²) in [5.74, 6) is 0.628. The fraction of sp³-hybridized carbons (Fsp3) is 0.133. The molecular formula is C15H14ClNO3. The van der Waals surface area contributed by atoms with E-state index in [0.29, 0.717) is 16.5 Å². The minimum absolute atomic E-state index is 0.0325. The van der Waals surface area contributed by atoms with Crippen LogP contribution in [0.15, 0.2) is 41.4 Å². The van der Waals surface area contributed by atoms with E-state index >= 15 is 0 Å². The van der Waals surface area contributed by atoms with Gasteiger partial charge in [-0.15, -0.1) is 0 Å². The van der Waals surface area contributed by atoms with Crippen LogP contribution in [0.1, 0.15) is 5.56 Å². The van der Waals surface area contributed by atoms with Crippen molar-refractivity contribution in [2.75, 3.05) is 14.2 Å². The van der Waals surface area contributed by atoms with Crippen molar-refractivity contribution in [3.63, 3.8) is 0 Å². The maximum absolute atomic E-state index is 9.82. The van der Waals surface area contributed by atoms with Gasteiger partial charge < -0.3 is 14.6 Å². The number of hydrogen-bond donors (Lipinski definition) is 1. The van der Waals surface area contributed by atoms with Crippen LogP contribution < -0.4 is 9.47 Å². The Labute approximate surface area is 122 Å². The molecule has 104 valence electrons. The SMILES string of the molecule is COc1cc(C=Nc2cccc(Cl)c2)cc(OC)c1O. The minimum Gasteiger partial charge on any atom is -0.502 e. The minimum atomic E-state index is -0.0325. The number of hydrogen-bond acceptors (Lipinski definition) is 4. The Morgan fingerprint density at radius 2 is 1.75 bits per heavy atom. The fourth-order valence-electron chi connectivity index (χ4n) is 1.69. The van der Waals surface area contributed by atoms with Crippen molar-refractivity contribution in [1.82, 2.24) is 0 Å². The molecule has 0 amide bonds. The highest BCUT2D eigenvalue weighted by atomic mass is 35.5. The standard InChI is InChI=1S/C15H14ClNO3/c1-19-13-6-10(7-14(20-2)15(13)18)9-17-12-5-3-4-11(16)8-12/h3-9,18H,1-2H3. The maximum atomic E-state index is 9.82. The first-order valence-corrected chi connectivity index (χ1v) is 6.26. The third-order valence-corrected chi connectivity index (χ3v) is 2.91. The molecule has 0 saturated carbocycles. The second kappa shape index (κ2) is 6.30. The van der Waals surface area contributed by atoms with Gasteiger partial charge in [-0.2, -0.15) is 0 Å². The summed E-state index contributed by atoms with van der Waals surface area (Å²) in [6, 6.07) is 10.6. The van der Waals surface area contributed by atoms with Crippen LogP contribution in [0.25, 0.3) is 0 Å². The number of aliphatic imine (C=N–C) groups is 1. The number of phenolic OH excluding ortho intramolecular Hbond substituents is 1. The van der Waals surface area contributed by atoms with E-state index in [1.54, 1.807) is 30.5 Å². The normalized spacial score (nSPS) is 10.8. The molecule has 0 aliphatic carbocycles. The molecule has 0 aliphatic rings. The topological polar surface area (TPSA) is 51.0 Å². The van der Waals surface area contributed by atoms with Gasteiger partial charge >= 0.3 is 0 Å². The molecule has 0 bridgehead atoms. The Balaban J connectivity index is 2.33. The number of benzene rings is 2. The average molecular weight is 292 g/mol. The van der Waals surface area contributed by atoms with Gasteiger partial charge in [-0.3, -0.25) is 4.99 Å². The lowest BCUT2D eigenvalue weighted by Gasteiger charge is -2.09. The number of aromatic hydroxyl groups is 1. The van der Waals surface area contributed by atoms with Crippen LogP contribution in [-0.2, 0) is 0 Å². The Hall–Kier alpha value is -2.20. The van der Waals surface area contributed by atoms with Crippen LogP contribution in [0.5, 0.6) is 17.2 Å². The molecule has 0 aliphatic heterocycles. The lowest BCUT2D eigenvalue weighted by atomic mass is 10.2. The zero-order chi connectivity index (χ0) is 14.5. The van der Waals surface area contributed by atoms with Gasteiger partial charge in [-0.05, 0) is 30.3 Å². The molecule has 0 heterocycles. The highest BCUT2D eigenvalue weighted by Gasteiger charge is 2.10. The van der Waals surface area contributed by atoms with Crippen molar-refractivity contribution >= 4 is 23.5 Å². The molecule has 4 nitrogen and oxygen atoms in total. The van der Waals surface area contributed by atoms with Crippen LogP contribution in [0.2, 0.25) is 5.02 Å². The molecule has 0 spiro atoms. The van der Waals surface area contributed by atoms with Crippen molar-refractivity contribution in [2.24, 2.45) is 4.99 Å². The molecule has 2 aromatic carbocycles. The Morgan fingerprint density at radius 3 is 2.30 bits per heavy atom. The zero-order valence-corrected chi connectivity index (χ0v) is 11.9. The van der Waals surface area contributed by atoms with Crippen LogP contribution in [0.4, 0.5) is 5.69 Å². The number of phenols is 1. The van der Waals surface area contributed by atoms with Gasteiger partial charge in [-0.25, -0.2) is 0 Å². The Kier molecular flexibility index (Phi) is 4.48. The molecule has 0 fully saturated rings. The fourth-order valence-corrected chi connectivity index (χ4v) is 1.88. The lowest BCUT2D eigenvalue weighted by Crippen LogP contribution is -1.92. The second-order valence-corrected chi connectivity index (χ2v) is 4.45. The van der Waals surface area contributed by atoms with E-state index in [-0.39, 0.29) is 5.75 Å². The molecule has 1 N–H and O–H groups in total. The maximum Gasteiger partial charge on any atom is 0.200 e. The predicted octanol–water partition coefficient (Wildman–Crippen LogP) is 3.81. The number of ether oxygens (including phenoxy) is 2. The van der Waals surface area contributed by atoms with Crippen molar-refractivity contribution < 1.29 is 14.6 Å². The highest BCUT2D eigenvalue weighted by Crippen LogP contribution is 2.36. The summed E-state index contributed by atoms with van der Waals surface area (Å²) in [4.78, 5) is 4.32. The average Bonchev–Trinajstić information content (AvgIpc) is 2.46. The second-order valence-electron chi connectivity index (χ2n) is 4.01. The number of rotatable bonds is 4. The summed E-state index contributed by atoms with van der Waals surface area (Å²) in [6.07, 6.45) is 1.65. The lowest BCUT2D eigenvalue weighted by molar-refractivity contribution is 0.340. The quantitative estimate of drug-likeness (QED) is 0.871. The van der Waals surface area contributed by atoms with Crippen molar-refractivity contribution in [2.45, 2.75) is 0 Å². The summed E-state index contributed by atoms with van der Waals surface area (Å²) in [5.41, 5.74) is 1.49. The molecule has 20 heavy (non-hydrogen) atoms. The third kappa shape index (κ3) is 3.22. The van der Waals surface area contributed by atoms with E-state index in [1.807, 2.05) is 12.1 Å². The molecule has 0 atom stereocenters. The highest BCUT2D eigenvalue weighted by molar-refractivity contribution is 6.30. The Bertz CT molecular complexity index is 616. The first-order valence-electron chi connectivity index (χ1n) is 5.88. The molecule has 2 rings (SSSR count). The van der Waals surface area contributed by atoms with Crippen LogP contribution in [0, 0.1) is 0 Å². The van der Waals surface area contributed by atoms with Crippen LogP contribution in [0.3, 0.4) is 0 Å². The van der Waals surface area contributed by atoms with Gasteiger partial charge in [0.15, 0.2) is 11.5 Å². The molecule has 0 unspecified atom stereocenters. The van der Waals surface area contributed by atoms with E-state index < -0.39 is 0 Å². The van der Waals surface area contributed by atoms with Crippen molar-refractivity contribution in [3.8, 4) is 17.2 Å². The summed E-state index contributed by atoms with van der Waals surface area (Å²) < 4.78 is 10.2. The summed E-state index contributed by atoms with van der Waals surface area (Å²) in [7, 11) is 2.96. The predicted molar refractivity (Wildman–Crippen MR) is 79.9 cm³/mol. The van der Waals surface area contributed by atoms with Gasteiger partial charge in [-0.1, -0.05) is 17.7 Å². The van der Waals surface area contributed by atoms with Gasteiger partial charge in [0, 0.05) is 16.8 Å². The van der Waals surface area contributed by atoms with E-state index in [9.17, 15) is 5.11 Å². The van der Waals surface area contributed by atoms with Crippen LogP contribution >= 0.6 is 11.6 Å². The monoisotopic (exact) mass is 291 g/mol. The molecule has 0 aromatic heterocycles. The molecular weight excluding hydrogens is 278 g/mol. The van der Waals surface area contributed by atoms with E-state index in [1.165, 1.54) is 14.2 Å². The van der Waals surface area contributed by atoms with Gasteiger partial charge in [0.2, 0.25) is 5.75 Å². The zero-order valence-electron chi connectivity index (χ0n) is 11.1. The number of nitrogens with zero attached hydrogens (tertiary/aromatic N) is 1. The van der Waals surface area contributed by atoms with Gasteiger partial charge in [0.05, 0.1) is 19.9 Å².